The van der Waals surface area contributed by atoms with E-state index in [1.54, 1.807) is 24.3 Å². The molecule has 0 spiro atoms. The van der Waals surface area contributed by atoms with Gasteiger partial charge in [0.1, 0.15) is 5.82 Å². The van der Waals surface area contributed by atoms with Gasteiger partial charge in [-0.2, -0.15) is 0 Å². The second kappa shape index (κ2) is 12.5. The summed E-state index contributed by atoms with van der Waals surface area (Å²) < 4.78 is 13.7. The lowest BCUT2D eigenvalue weighted by Gasteiger charge is -2.26. The zero-order valence-electron chi connectivity index (χ0n) is 23.7. The fourth-order valence-corrected chi connectivity index (χ4v) is 5.92. The van der Waals surface area contributed by atoms with Gasteiger partial charge in [-0.15, -0.1) is 0 Å². The van der Waals surface area contributed by atoms with Crippen LogP contribution in [0.1, 0.15) is 63.6 Å². The maximum absolute atomic E-state index is 13.7. The molecule has 0 unspecified atom stereocenters. The fraction of sp³-hybridized carbons (Fsp3) is 0.222. The lowest BCUT2D eigenvalue weighted by atomic mass is 9.87. The molecule has 0 saturated heterocycles. The van der Waals surface area contributed by atoms with Gasteiger partial charge in [0, 0.05) is 11.1 Å². The lowest BCUT2D eigenvalue weighted by molar-refractivity contribution is -0.136. The number of aromatic nitrogens is 2. The molecule has 0 fully saturated rings. The number of nitrogens with one attached hydrogen (secondary N) is 1. The molecule has 1 heterocycles. The first kappa shape index (κ1) is 28.2. The molecule has 0 radical (unpaired) electrons. The summed E-state index contributed by atoms with van der Waals surface area (Å²) >= 11 is 0. The number of carboxylic acid groups (broad SMARTS) is 1. The van der Waals surface area contributed by atoms with Crippen molar-refractivity contribution in [2.45, 2.75) is 51.0 Å². The van der Waals surface area contributed by atoms with Crippen LogP contribution in [0.5, 0.6) is 0 Å². The van der Waals surface area contributed by atoms with Crippen molar-refractivity contribution in [3.63, 3.8) is 0 Å². The molecule has 7 heteroatoms. The van der Waals surface area contributed by atoms with Crippen LogP contribution in [-0.4, -0.2) is 27.0 Å². The predicted molar refractivity (Wildman–Crippen MR) is 164 cm³/mol. The highest BCUT2D eigenvalue weighted by molar-refractivity contribution is 5.97. The van der Waals surface area contributed by atoms with E-state index in [-0.39, 0.29) is 24.2 Å². The van der Waals surface area contributed by atoms with Gasteiger partial charge in [-0.3, -0.25) is 9.59 Å². The molecule has 1 aliphatic carbocycles. The zero-order valence-corrected chi connectivity index (χ0v) is 23.7. The number of aliphatic carboxylic acids is 1. The van der Waals surface area contributed by atoms with Crippen LogP contribution in [0.2, 0.25) is 0 Å². The summed E-state index contributed by atoms with van der Waals surface area (Å²) in [5, 5.41) is 12.4. The van der Waals surface area contributed by atoms with Crippen molar-refractivity contribution in [2.24, 2.45) is 0 Å². The number of hydrogen-bond donors (Lipinski definition) is 2. The molecule has 1 atom stereocenters. The zero-order chi connectivity index (χ0) is 29.8. The quantitative estimate of drug-likeness (QED) is 0.197. The lowest BCUT2D eigenvalue weighted by Crippen LogP contribution is -2.31. The van der Waals surface area contributed by atoms with E-state index in [2.05, 4.69) is 17.4 Å². The van der Waals surface area contributed by atoms with Gasteiger partial charge in [0.05, 0.1) is 34.9 Å². The molecule has 4 aromatic carbocycles. The molecule has 1 aromatic heterocycles. The molecule has 6 nitrogen and oxygen atoms in total. The maximum atomic E-state index is 13.7. The predicted octanol–water partition coefficient (Wildman–Crippen LogP) is 7.05. The van der Waals surface area contributed by atoms with E-state index in [4.69, 9.17) is 15.1 Å². The van der Waals surface area contributed by atoms with E-state index < -0.39 is 5.97 Å². The number of aryl methyl sites for hydroxylation is 3. The second-order valence-electron chi connectivity index (χ2n) is 11.1. The molecule has 6 rings (SSSR count). The number of benzene rings is 4. The van der Waals surface area contributed by atoms with Crippen LogP contribution < -0.4 is 5.32 Å². The van der Waals surface area contributed by atoms with Crippen LogP contribution in [0, 0.1) is 5.82 Å². The summed E-state index contributed by atoms with van der Waals surface area (Å²) in [5.41, 5.74) is 8.32. The van der Waals surface area contributed by atoms with E-state index in [0.29, 0.717) is 28.7 Å². The molecule has 43 heavy (non-hydrogen) atoms. The van der Waals surface area contributed by atoms with Crippen molar-refractivity contribution < 1.29 is 19.1 Å². The van der Waals surface area contributed by atoms with Gasteiger partial charge >= 0.3 is 5.97 Å². The largest absolute Gasteiger partial charge is 0.481 e. The van der Waals surface area contributed by atoms with E-state index >= 15 is 0 Å². The number of halogens is 1. The molecule has 1 aliphatic rings. The molecule has 0 aliphatic heterocycles. The Labute approximate surface area is 249 Å². The Morgan fingerprint density at radius 1 is 0.860 bits per heavy atom. The van der Waals surface area contributed by atoms with Crippen LogP contribution in [0.4, 0.5) is 4.39 Å². The van der Waals surface area contributed by atoms with Gasteiger partial charge in [-0.1, -0.05) is 48.5 Å². The van der Waals surface area contributed by atoms with Gasteiger partial charge in [0.25, 0.3) is 5.91 Å². The van der Waals surface area contributed by atoms with Gasteiger partial charge in [-0.05, 0) is 103 Å². The number of amides is 1. The van der Waals surface area contributed by atoms with Crippen molar-refractivity contribution in [3.05, 3.63) is 130 Å². The summed E-state index contributed by atoms with van der Waals surface area (Å²) in [7, 11) is 0. The normalized spacial score (nSPS) is 14.3. The van der Waals surface area contributed by atoms with E-state index in [0.717, 1.165) is 54.5 Å². The molecule has 5 aromatic rings. The van der Waals surface area contributed by atoms with Crippen molar-refractivity contribution in [2.75, 3.05) is 0 Å². The van der Waals surface area contributed by atoms with Crippen LogP contribution in [0.3, 0.4) is 0 Å². The molecule has 0 saturated carbocycles. The average molecular weight is 574 g/mol. The summed E-state index contributed by atoms with van der Waals surface area (Å²) in [6.45, 7) is 0. The molecular weight excluding hydrogens is 541 g/mol. The van der Waals surface area contributed by atoms with E-state index in [9.17, 15) is 14.0 Å². The van der Waals surface area contributed by atoms with Crippen molar-refractivity contribution in [1.82, 2.24) is 15.3 Å². The number of carbonyl (C=O) groups is 2. The standard InChI is InChI=1S/C36H32FN3O3/c37-28-17-14-26(15-18-28)35-32(13-4-7-23-6-3-8-24(20-23)21-34(41)42)38-33-22-27(16-19-31(33)39-35)36(43)40-30-12-5-10-25-9-1-2-11-29(25)30/h1-3,6,8-9,11,14-20,22,30H,4-5,7,10,12-13,21H2,(H,40,43)(H,41,42)/t30-/m1/s1. The maximum Gasteiger partial charge on any atom is 0.307 e. The van der Waals surface area contributed by atoms with Crippen LogP contribution in [-0.2, 0) is 30.5 Å². The number of nitrogens with zero attached hydrogens (tertiary/aromatic N) is 2. The Morgan fingerprint density at radius 2 is 1.67 bits per heavy atom. The minimum Gasteiger partial charge on any atom is -0.481 e. The first-order valence-electron chi connectivity index (χ1n) is 14.7. The summed E-state index contributed by atoms with van der Waals surface area (Å²) in [5.74, 6) is -1.32. The highest BCUT2D eigenvalue weighted by atomic mass is 19.1. The third kappa shape index (κ3) is 6.61. The molecular formula is C36H32FN3O3. The Hall–Kier alpha value is -4.91. The molecule has 216 valence electrons. The second-order valence-corrected chi connectivity index (χ2v) is 11.1. The fourth-order valence-electron chi connectivity index (χ4n) is 5.92. The highest BCUT2D eigenvalue weighted by Crippen LogP contribution is 2.30. The van der Waals surface area contributed by atoms with Crippen molar-refractivity contribution in [1.29, 1.82) is 0 Å². The number of carboxylic acids is 1. The van der Waals surface area contributed by atoms with Crippen molar-refractivity contribution >= 4 is 22.9 Å². The summed E-state index contributed by atoms with van der Waals surface area (Å²) in [4.78, 5) is 34.4. The number of rotatable bonds is 9. The molecule has 0 bridgehead atoms. The minimum absolute atomic E-state index is 0.0120. The number of carbonyl (C=O) groups excluding carboxylic acids is 1. The number of fused-ring (bicyclic) bond motifs is 2. The van der Waals surface area contributed by atoms with Crippen molar-refractivity contribution in [3.8, 4) is 11.3 Å². The molecule has 2 N–H and O–H groups in total. The monoisotopic (exact) mass is 573 g/mol. The minimum atomic E-state index is -0.857. The topological polar surface area (TPSA) is 92.2 Å². The van der Waals surface area contributed by atoms with E-state index in [1.807, 2.05) is 42.5 Å². The van der Waals surface area contributed by atoms with E-state index in [1.165, 1.54) is 23.3 Å². The Bertz CT molecular complexity index is 1800. The Kier molecular flexibility index (Phi) is 8.22. The first-order chi connectivity index (χ1) is 20.9. The Morgan fingerprint density at radius 3 is 2.51 bits per heavy atom. The first-order valence-corrected chi connectivity index (χ1v) is 14.7. The number of hydrogen-bond acceptors (Lipinski definition) is 4. The van der Waals surface area contributed by atoms with Gasteiger partial charge in [0.2, 0.25) is 0 Å². The van der Waals surface area contributed by atoms with Gasteiger partial charge < -0.3 is 10.4 Å². The SMILES string of the molecule is O=C(O)Cc1cccc(CCCc2nc3cc(C(=O)N[C@@H]4CCCc5ccccc54)ccc3nc2-c2ccc(F)cc2)c1. The van der Waals surface area contributed by atoms with Gasteiger partial charge in [-0.25, -0.2) is 14.4 Å². The third-order valence-corrected chi connectivity index (χ3v) is 8.02. The average Bonchev–Trinajstić information content (AvgIpc) is 3.01. The van der Waals surface area contributed by atoms with Crippen LogP contribution >= 0.6 is 0 Å². The van der Waals surface area contributed by atoms with Crippen LogP contribution in [0.15, 0.2) is 91.0 Å². The molecule has 1 amide bonds. The van der Waals surface area contributed by atoms with Crippen LogP contribution in [0.25, 0.3) is 22.3 Å². The Balaban J connectivity index is 1.26. The summed E-state index contributed by atoms with van der Waals surface area (Å²) in [6.07, 6.45) is 5.05. The smallest absolute Gasteiger partial charge is 0.307 e. The third-order valence-electron chi connectivity index (χ3n) is 8.02. The van der Waals surface area contributed by atoms with Gasteiger partial charge in [0.15, 0.2) is 0 Å². The highest BCUT2D eigenvalue weighted by Gasteiger charge is 2.22. The summed E-state index contributed by atoms with van der Waals surface area (Å²) in [6, 6.07) is 27.5.